The maximum atomic E-state index is 12.8. The van der Waals surface area contributed by atoms with E-state index in [1.54, 1.807) is 7.11 Å². The van der Waals surface area contributed by atoms with Crippen molar-refractivity contribution in [3.05, 3.63) is 59.7 Å². The van der Waals surface area contributed by atoms with Crippen LogP contribution in [0.1, 0.15) is 29.8 Å². The van der Waals surface area contributed by atoms with Gasteiger partial charge in [-0.1, -0.05) is 18.2 Å². The van der Waals surface area contributed by atoms with Gasteiger partial charge in [-0.05, 0) is 43.7 Å². The first-order valence-electron chi connectivity index (χ1n) is 9.45. The highest BCUT2D eigenvalue weighted by atomic mass is 16.5. The van der Waals surface area contributed by atoms with E-state index in [1.165, 1.54) is 0 Å². The van der Waals surface area contributed by atoms with Crippen LogP contribution >= 0.6 is 0 Å². The number of hydrogen-bond acceptors (Lipinski definition) is 4. The maximum absolute atomic E-state index is 12.8. The molecule has 1 fully saturated rings. The van der Waals surface area contributed by atoms with E-state index in [4.69, 9.17) is 9.47 Å². The van der Waals surface area contributed by atoms with Crippen LogP contribution in [0.5, 0.6) is 5.75 Å². The lowest BCUT2D eigenvalue weighted by Crippen LogP contribution is -2.48. The number of nitrogens with zero attached hydrogens (tertiary/aromatic N) is 2. The molecule has 0 atom stereocenters. The topological polar surface area (TPSA) is 42.0 Å². The molecule has 27 heavy (non-hydrogen) atoms. The molecule has 0 N–H and O–H groups in total. The average molecular weight is 368 g/mol. The number of benzene rings is 2. The summed E-state index contributed by atoms with van der Waals surface area (Å²) in [6.07, 6.45) is 0.201. The Hall–Kier alpha value is -2.53. The molecular formula is C22H28N2O3. The summed E-state index contributed by atoms with van der Waals surface area (Å²) in [7, 11) is 1.68. The molecule has 0 radical (unpaired) electrons. The molecule has 5 heteroatoms. The summed E-state index contributed by atoms with van der Waals surface area (Å²) < 4.78 is 10.9. The van der Waals surface area contributed by atoms with E-state index < -0.39 is 0 Å². The first-order valence-corrected chi connectivity index (χ1v) is 9.45. The van der Waals surface area contributed by atoms with Crippen molar-refractivity contribution in [3.63, 3.8) is 0 Å². The molecule has 1 amide bonds. The van der Waals surface area contributed by atoms with E-state index in [-0.39, 0.29) is 12.0 Å². The van der Waals surface area contributed by atoms with Crippen molar-refractivity contribution in [2.75, 3.05) is 38.2 Å². The molecule has 3 rings (SSSR count). The van der Waals surface area contributed by atoms with Crippen molar-refractivity contribution >= 4 is 11.6 Å². The van der Waals surface area contributed by atoms with Gasteiger partial charge in [-0.15, -0.1) is 0 Å². The molecule has 1 saturated heterocycles. The highest BCUT2D eigenvalue weighted by Crippen LogP contribution is 2.22. The van der Waals surface area contributed by atoms with Crippen molar-refractivity contribution in [2.45, 2.75) is 26.6 Å². The monoisotopic (exact) mass is 368 g/mol. The Morgan fingerprint density at radius 3 is 2.37 bits per heavy atom. The standard InChI is InChI=1S/C22H28N2O3/c1-17(2)27-16-18-7-9-19(10-8-18)22(25)24-13-11-23(12-14-24)20-5-4-6-21(15-20)26-3/h4-10,15,17H,11-14,16H2,1-3H3. The van der Waals surface area contributed by atoms with Gasteiger partial charge >= 0.3 is 0 Å². The number of amides is 1. The van der Waals surface area contributed by atoms with Crippen LogP contribution in [-0.4, -0.2) is 50.2 Å². The first kappa shape index (κ1) is 19.2. The van der Waals surface area contributed by atoms with Crippen LogP contribution in [-0.2, 0) is 11.3 Å². The number of rotatable bonds is 6. The van der Waals surface area contributed by atoms with Gasteiger partial charge < -0.3 is 19.3 Å². The first-order chi connectivity index (χ1) is 13.1. The lowest BCUT2D eigenvalue weighted by atomic mass is 10.1. The van der Waals surface area contributed by atoms with Crippen LogP contribution in [0, 0.1) is 0 Å². The third-order valence-corrected chi connectivity index (χ3v) is 4.77. The summed E-state index contributed by atoms with van der Waals surface area (Å²) in [6, 6.07) is 15.8. The molecule has 1 heterocycles. The fourth-order valence-corrected chi connectivity index (χ4v) is 3.16. The molecular weight excluding hydrogens is 340 g/mol. The zero-order chi connectivity index (χ0) is 19.2. The highest BCUT2D eigenvalue weighted by Gasteiger charge is 2.22. The van der Waals surface area contributed by atoms with Crippen LogP contribution in [0.15, 0.2) is 48.5 Å². The van der Waals surface area contributed by atoms with Gasteiger partial charge in [0.05, 0.1) is 19.8 Å². The van der Waals surface area contributed by atoms with Crippen LogP contribution in [0.3, 0.4) is 0 Å². The van der Waals surface area contributed by atoms with Crippen LogP contribution in [0.4, 0.5) is 5.69 Å². The minimum absolute atomic E-state index is 0.0941. The van der Waals surface area contributed by atoms with E-state index in [0.29, 0.717) is 19.7 Å². The summed E-state index contributed by atoms with van der Waals surface area (Å²) in [6.45, 7) is 7.68. The minimum atomic E-state index is 0.0941. The Morgan fingerprint density at radius 1 is 1.04 bits per heavy atom. The van der Waals surface area contributed by atoms with Crippen LogP contribution in [0.25, 0.3) is 0 Å². The number of carbonyl (C=O) groups is 1. The summed E-state index contributed by atoms with van der Waals surface area (Å²) in [5.74, 6) is 0.948. The number of methoxy groups -OCH3 is 1. The van der Waals surface area contributed by atoms with Crippen molar-refractivity contribution in [2.24, 2.45) is 0 Å². The van der Waals surface area contributed by atoms with Crippen molar-refractivity contribution in [3.8, 4) is 5.75 Å². The number of piperazine rings is 1. The number of hydrogen-bond donors (Lipinski definition) is 0. The predicted molar refractivity (Wildman–Crippen MR) is 107 cm³/mol. The average Bonchev–Trinajstić information content (AvgIpc) is 2.72. The molecule has 0 aliphatic carbocycles. The normalized spacial score (nSPS) is 14.5. The van der Waals surface area contributed by atoms with Crippen LogP contribution < -0.4 is 9.64 Å². The molecule has 5 nitrogen and oxygen atoms in total. The van der Waals surface area contributed by atoms with E-state index in [0.717, 1.165) is 35.7 Å². The lowest BCUT2D eigenvalue weighted by molar-refractivity contribution is 0.0655. The molecule has 2 aromatic rings. The largest absolute Gasteiger partial charge is 0.497 e. The maximum Gasteiger partial charge on any atom is 0.253 e. The second-order valence-electron chi connectivity index (χ2n) is 7.04. The summed E-state index contributed by atoms with van der Waals surface area (Å²) in [5.41, 5.74) is 2.96. The van der Waals surface area contributed by atoms with E-state index >= 15 is 0 Å². The molecule has 0 aromatic heterocycles. The SMILES string of the molecule is COc1cccc(N2CCN(C(=O)c3ccc(COC(C)C)cc3)CC2)c1. The van der Waals surface area contributed by atoms with Crippen LogP contribution in [0.2, 0.25) is 0 Å². The van der Waals surface area contributed by atoms with Gasteiger partial charge in [0, 0.05) is 43.5 Å². The van der Waals surface area contributed by atoms with E-state index in [1.807, 2.05) is 61.2 Å². The molecule has 0 unspecified atom stereocenters. The molecule has 144 valence electrons. The van der Waals surface area contributed by atoms with Crippen molar-refractivity contribution in [1.29, 1.82) is 0 Å². The van der Waals surface area contributed by atoms with E-state index in [9.17, 15) is 4.79 Å². The quantitative estimate of drug-likeness (QED) is 0.782. The number of carbonyl (C=O) groups excluding carboxylic acids is 1. The molecule has 2 aromatic carbocycles. The zero-order valence-corrected chi connectivity index (χ0v) is 16.4. The van der Waals surface area contributed by atoms with E-state index in [2.05, 4.69) is 11.0 Å². The third-order valence-electron chi connectivity index (χ3n) is 4.77. The second kappa shape index (κ2) is 8.91. The second-order valence-corrected chi connectivity index (χ2v) is 7.04. The Bertz CT molecular complexity index is 750. The Labute approximate surface area is 161 Å². The van der Waals surface area contributed by atoms with Gasteiger partial charge in [0.15, 0.2) is 0 Å². The molecule has 0 spiro atoms. The Morgan fingerprint density at radius 2 is 1.74 bits per heavy atom. The van der Waals surface area contributed by atoms with Gasteiger partial charge in [-0.2, -0.15) is 0 Å². The predicted octanol–water partition coefficient (Wildman–Crippen LogP) is 3.58. The lowest BCUT2D eigenvalue weighted by Gasteiger charge is -2.36. The third kappa shape index (κ3) is 5.01. The fraction of sp³-hybridized carbons (Fsp3) is 0.409. The number of anilines is 1. The highest BCUT2D eigenvalue weighted by molar-refractivity contribution is 5.94. The molecule has 1 aliphatic rings. The van der Waals surface area contributed by atoms with Crippen molar-refractivity contribution < 1.29 is 14.3 Å². The summed E-state index contributed by atoms with van der Waals surface area (Å²) in [4.78, 5) is 17.0. The van der Waals surface area contributed by atoms with Gasteiger partial charge in [-0.3, -0.25) is 4.79 Å². The van der Waals surface area contributed by atoms with Gasteiger partial charge in [0.1, 0.15) is 5.75 Å². The molecule has 0 bridgehead atoms. The van der Waals surface area contributed by atoms with Gasteiger partial charge in [0.2, 0.25) is 0 Å². The smallest absolute Gasteiger partial charge is 0.253 e. The number of ether oxygens (including phenoxy) is 2. The van der Waals surface area contributed by atoms with Gasteiger partial charge in [-0.25, -0.2) is 0 Å². The molecule has 1 aliphatic heterocycles. The minimum Gasteiger partial charge on any atom is -0.497 e. The summed E-state index contributed by atoms with van der Waals surface area (Å²) >= 11 is 0. The van der Waals surface area contributed by atoms with Gasteiger partial charge in [0.25, 0.3) is 5.91 Å². The van der Waals surface area contributed by atoms with Crippen molar-refractivity contribution in [1.82, 2.24) is 4.90 Å². The Kier molecular flexibility index (Phi) is 6.35. The fourth-order valence-electron chi connectivity index (χ4n) is 3.16. The Balaban J connectivity index is 1.56. The summed E-state index contributed by atoms with van der Waals surface area (Å²) in [5, 5.41) is 0. The zero-order valence-electron chi connectivity index (χ0n) is 16.4. The molecule has 0 saturated carbocycles.